The summed E-state index contributed by atoms with van der Waals surface area (Å²) in [5.41, 5.74) is 1.51. The fraction of sp³-hybridized carbons (Fsp3) is 0.467. The minimum absolute atomic E-state index is 0.00157. The number of para-hydroxylation sites is 2. The van der Waals surface area contributed by atoms with Gasteiger partial charge in [-0.2, -0.15) is 0 Å². The number of nitrogens with one attached hydrogen (secondary N) is 1. The summed E-state index contributed by atoms with van der Waals surface area (Å²) in [6.07, 6.45) is 2.31. The van der Waals surface area contributed by atoms with Gasteiger partial charge in [0.25, 0.3) is 0 Å². The first kappa shape index (κ1) is 13.1. The third-order valence-corrected chi connectivity index (χ3v) is 4.01. The first-order valence-corrected chi connectivity index (χ1v) is 7.11. The summed E-state index contributed by atoms with van der Waals surface area (Å²) in [5, 5.41) is 2.84. The van der Waals surface area contributed by atoms with Crippen molar-refractivity contribution in [2.75, 3.05) is 29.9 Å². The molecule has 0 spiro atoms. The molecular weight excluding hydrogens is 254 g/mol. The van der Waals surface area contributed by atoms with Crippen molar-refractivity contribution < 1.29 is 9.59 Å². The van der Waals surface area contributed by atoms with Gasteiger partial charge in [-0.05, 0) is 45.0 Å². The van der Waals surface area contributed by atoms with Crippen LogP contribution in [0.3, 0.4) is 0 Å². The average molecular weight is 273 g/mol. The van der Waals surface area contributed by atoms with Gasteiger partial charge in [0.05, 0.1) is 17.9 Å². The maximum atomic E-state index is 12.6. The van der Waals surface area contributed by atoms with Crippen LogP contribution in [0.1, 0.15) is 19.8 Å². The van der Waals surface area contributed by atoms with Crippen LogP contribution >= 0.6 is 0 Å². The molecule has 1 N–H and O–H groups in total. The second-order valence-corrected chi connectivity index (χ2v) is 5.43. The number of rotatable bonds is 2. The summed E-state index contributed by atoms with van der Waals surface area (Å²) >= 11 is 0. The largest absolute Gasteiger partial charge is 0.322 e. The SMILES string of the molecule is CC1C(=O)Nc2ccccc2N1C(=O)CN1CCCC1. The Kier molecular flexibility index (Phi) is 3.44. The number of fused-ring (bicyclic) bond motifs is 1. The minimum Gasteiger partial charge on any atom is -0.322 e. The summed E-state index contributed by atoms with van der Waals surface area (Å²) in [7, 11) is 0. The Morgan fingerprint density at radius 1 is 1.30 bits per heavy atom. The van der Waals surface area contributed by atoms with Gasteiger partial charge in [-0.3, -0.25) is 19.4 Å². The Hall–Kier alpha value is -1.88. The number of carbonyl (C=O) groups is 2. The molecule has 0 radical (unpaired) electrons. The van der Waals surface area contributed by atoms with Crippen molar-refractivity contribution in [1.82, 2.24) is 4.90 Å². The predicted molar refractivity (Wildman–Crippen MR) is 77.7 cm³/mol. The van der Waals surface area contributed by atoms with E-state index in [2.05, 4.69) is 10.2 Å². The lowest BCUT2D eigenvalue weighted by Gasteiger charge is -2.35. The second kappa shape index (κ2) is 5.25. The lowest BCUT2D eigenvalue weighted by molar-refractivity contribution is -0.124. The van der Waals surface area contributed by atoms with Crippen LogP contribution in [-0.2, 0) is 9.59 Å². The molecule has 0 saturated carbocycles. The molecule has 20 heavy (non-hydrogen) atoms. The highest BCUT2D eigenvalue weighted by atomic mass is 16.2. The molecule has 1 aromatic rings. The van der Waals surface area contributed by atoms with E-state index in [1.165, 1.54) is 0 Å². The number of hydrogen-bond donors (Lipinski definition) is 1. The van der Waals surface area contributed by atoms with E-state index in [0.29, 0.717) is 12.2 Å². The summed E-state index contributed by atoms with van der Waals surface area (Å²) in [4.78, 5) is 28.4. The Labute approximate surface area is 118 Å². The normalized spacial score (nSPS) is 22.6. The van der Waals surface area contributed by atoms with E-state index in [4.69, 9.17) is 0 Å². The zero-order chi connectivity index (χ0) is 14.1. The molecule has 1 fully saturated rings. The van der Waals surface area contributed by atoms with Gasteiger partial charge < -0.3 is 5.32 Å². The summed E-state index contributed by atoms with van der Waals surface area (Å²) < 4.78 is 0. The highest BCUT2D eigenvalue weighted by Gasteiger charge is 2.34. The quantitative estimate of drug-likeness (QED) is 0.887. The number of likely N-dealkylation sites (tertiary alicyclic amines) is 1. The van der Waals surface area contributed by atoms with Crippen LogP contribution in [-0.4, -0.2) is 42.4 Å². The molecule has 1 atom stereocenters. The van der Waals surface area contributed by atoms with E-state index < -0.39 is 6.04 Å². The molecule has 5 nitrogen and oxygen atoms in total. The predicted octanol–water partition coefficient (Wildman–Crippen LogP) is 1.46. The third-order valence-electron chi connectivity index (χ3n) is 4.01. The van der Waals surface area contributed by atoms with Gasteiger partial charge in [0.2, 0.25) is 11.8 Å². The van der Waals surface area contributed by atoms with Crippen LogP contribution < -0.4 is 10.2 Å². The first-order valence-electron chi connectivity index (χ1n) is 7.11. The molecule has 106 valence electrons. The maximum absolute atomic E-state index is 12.6. The number of anilines is 2. The smallest absolute Gasteiger partial charge is 0.247 e. The molecule has 1 unspecified atom stereocenters. The average Bonchev–Trinajstić information content (AvgIpc) is 2.93. The molecule has 0 aromatic heterocycles. The molecule has 1 aromatic carbocycles. The van der Waals surface area contributed by atoms with E-state index in [1.54, 1.807) is 11.8 Å². The molecule has 2 aliphatic rings. The van der Waals surface area contributed by atoms with Crippen molar-refractivity contribution >= 4 is 23.2 Å². The minimum atomic E-state index is -0.458. The topological polar surface area (TPSA) is 52.7 Å². The van der Waals surface area contributed by atoms with Crippen molar-refractivity contribution in [3.8, 4) is 0 Å². The molecule has 1 saturated heterocycles. The zero-order valence-electron chi connectivity index (χ0n) is 11.6. The molecule has 2 heterocycles. The van der Waals surface area contributed by atoms with Gasteiger partial charge in [0.15, 0.2) is 0 Å². The van der Waals surface area contributed by atoms with Crippen molar-refractivity contribution in [3.63, 3.8) is 0 Å². The third kappa shape index (κ3) is 2.29. The summed E-state index contributed by atoms with van der Waals surface area (Å²) in [5.74, 6) is -0.125. The van der Waals surface area contributed by atoms with Crippen molar-refractivity contribution in [1.29, 1.82) is 0 Å². The molecular formula is C15H19N3O2. The van der Waals surface area contributed by atoms with Gasteiger partial charge in [0, 0.05) is 0 Å². The Morgan fingerprint density at radius 3 is 2.75 bits per heavy atom. The highest BCUT2D eigenvalue weighted by molar-refractivity contribution is 6.12. The Bertz CT molecular complexity index is 538. The van der Waals surface area contributed by atoms with Gasteiger partial charge in [-0.25, -0.2) is 0 Å². The highest BCUT2D eigenvalue weighted by Crippen LogP contribution is 2.31. The molecule has 0 aliphatic carbocycles. The van der Waals surface area contributed by atoms with E-state index in [9.17, 15) is 9.59 Å². The molecule has 3 rings (SSSR count). The number of nitrogens with zero attached hydrogens (tertiary/aromatic N) is 2. The van der Waals surface area contributed by atoms with Gasteiger partial charge in [-0.1, -0.05) is 12.1 Å². The summed E-state index contributed by atoms with van der Waals surface area (Å²) in [6.45, 7) is 4.11. The zero-order valence-corrected chi connectivity index (χ0v) is 11.6. The van der Waals surface area contributed by atoms with Crippen LogP contribution in [0.2, 0.25) is 0 Å². The fourth-order valence-electron chi connectivity index (χ4n) is 2.91. The van der Waals surface area contributed by atoms with Crippen LogP contribution in [0.4, 0.5) is 11.4 Å². The van der Waals surface area contributed by atoms with Crippen LogP contribution in [0.15, 0.2) is 24.3 Å². The molecule has 2 aliphatic heterocycles. The number of carbonyl (C=O) groups excluding carboxylic acids is 2. The molecule has 5 heteroatoms. The van der Waals surface area contributed by atoms with E-state index >= 15 is 0 Å². The second-order valence-electron chi connectivity index (χ2n) is 5.43. The Morgan fingerprint density at radius 2 is 2.00 bits per heavy atom. The van der Waals surface area contributed by atoms with Crippen molar-refractivity contribution in [3.05, 3.63) is 24.3 Å². The lowest BCUT2D eigenvalue weighted by Crippen LogP contribution is -2.52. The van der Waals surface area contributed by atoms with Crippen molar-refractivity contribution in [2.24, 2.45) is 0 Å². The first-order chi connectivity index (χ1) is 9.66. The Balaban J connectivity index is 1.86. The van der Waals surface area contributed by atoms with E-state index in [0.717, 1.165) is 31.6 Å². The number of hydrogen-bond acceptors (Lipinski definition) is 3. The fourth-order valence-corrected chi connectivity index (χ4v) is 2.91. The van der Waals surface area contributed by atoms with Crippen molar-refractivity contribution in [2.45, 2.75) is 25.8 Å². The van der Waals surface area contributed by atoms with Crippen LogP contribution in [0.25, 0.3) is 0 Å². The van der Waals surface area contributed by atoms with E-state index in [1.807, 2.05) is 24.3 Å². The number of benzene rings is 1. The lowest BCUT2D eigenvalue weighted by atomic mass is 10.1. The standard InChI is InChI=1S/C15H19N3O2/c1-11-15(20)16-12-6-2-3-7-13(12)18(11)14(19)10-17-8-4-5-9-17/h2-3,6-7,11H,4-5,8-10H2,1H3,(H,16,20). The maximum Gasteiger partial charge on any atom is 0.247 e. The summed E-state index contributed by atoms with van der Waals surface area (Å²) in [6, 6.07) is 7.00. The van der Waals surface area contributed by atoms with Crippen LogP contribution in [0.5, 0.6) is 0 Å². The number of amides is 2. The van der Waals surface area contributed by atoms with Gasteiger partial charge in [0.1, 0.15) is 6.04 Å². The van der Waals surface area contributed by atoms with Crippen LogP contribution in [0, 0.1) is 0 Å². The molecule has 2 amide bonds. The van der Waals surface area contributed by atoms with E-state index in [-0.39, 0.29) is 11.8 Å². The monoisotopic (exact) mass is 273 g/mol. The van der Waals surface area contributed by atoms with Gasteiger partial charge in [-0.15, -0.1) is 0 Å². The van der Waals surface area contributed by atoms with Gasteiger partial charge >= 0.3 is 0 Å². The molecule has 0 bridgehead atoms.